The average Bonchev–Trinajstić information content (AvgIpc) is 2.78. The van der Waals surface area contributed by atoms with Crippen LogP contribution < -0.4 is 0 Å². The van der Waals surface area contributed by atoms with Crippen molar-refractivity contribution in [2.45, 2.75) is 57.9 Å². The molecule has 3 nitrogen and oxygen atoms in total. The number of nitrogens with zero attached hydrogens (tertiary/aromatic N) is 1. The summed E-state index contributed by atoms with van der Waals surface area (Å²) in [4.78, 5) is 13.8. The average molecular weight is 329 g/mol. The van der Waals surface area contributed by atoms with Crippen LogP contribution in [0.1, 0.15) is 51.2 Å². The van der Waals surface area contributed by atoms with Crippen LogP contribution in [0.5, 0.6) is 0 Å². The van der Waals surface area contributed by atoms with Crippen molar-refractivity contribution >= 4 is 6.09 Å². The lowest BCUT2D eigenvalue weighted by atomic mass is 9.91. The van der Waals surface area contributed by atoms with E-state index in [1.807, 2.05) is 6.92 Å². The Hall–Kier alpha value is -1.72. The molecule has 0 N–H and O–H groups in total. The predicted octanol–water partition coefficient (Wildman–Crippen LogP) is 4.82. The number of hydrogen-bond donors (Lipinski definition) is 0. The highest BCUT2D eigenvalue weighted by Gasteiger charge is 2.38. The van der Waals surface area contributed by atoms with Crippen LogP contribution in [-0.4, -0.2) is 29.2 Å². The highest BCUT2D eigenvalue weighted by Crippen LogP contribution is 2.37. The third-order valence-electron chi connectivity index (χ3n) is 4.03. The van der Waals surface area contributed by atoms with Crippen LogP contribution in [0.3, 0.4) is 0 Å². The van der Waals surface area contributed by atoms with Crippen LogP contribution in [0.15, 0.2) is 24.3 Å². The first-order valence-electron chi connectivity index (χ1n) is 7.66. The van der Waals surface area contributed by atoms with E-state index in [1.54, 1.807) is 31.7 Å². The van der Waals surface area contributed by atoms with Crippen molar-refractivity contribution in [2.75, 3.05) is 6.54 Å². The van der Waals surface area contributed by atoms with Crippen molar-refractivity contribution in [3.8, 4) is 0 Å². The Morgan fingerprint density at radius 2 is 1.91 bits per heavy atom. The lowest BCUT2D eigenvalue weighted by molar-refractivity contribution is -0.137. The molecule has 0 spiro atoms. The van der Waals surface area contributed by atoms with Crippen LogP contribution in [0, 0.1) is 0 Å². The highest BCUT2D eigenvalue weighted by atomic mass is 19.4. The Kier molecular flexibility index (Phi) is 4.64. The molecule has 128 valence electrons. The molecule has 1 aromatic rings. The van der Waals surface area contributed by atoms with Crippen molar-refractivity contribution in [3.05, 3.63) is 35.4 Å². The summed E-state index contributed by atoms with van der Waals surface area (Å²) in [7, 11) is 0. The molecule has 0 aliphatic carbocycles. The zero-order valence-corrected chi connectivity index (χ0v) is 13.8. The second kappa shape index (κ2) is 6.06. The fourth-order valence-corrected chi connectivity index (χ4v) is 2.91. The first kappa shape index (κ1) is 17.6. The van der Waals surface area contributed by atoms with E-state index in [1.165, 1.54) is 12.1 Å². The molecule has 2 unspecified atom stereocenters. The molecule has 1 fully saturated rings. The Labute approximate surface area is 134 Å². The first-order chi connectivity index (χ1) is 10.5. The number of benzene rings is 1. The summed E-state index contributed by atoms with van der Waals surface area (Å²) >= 11 is 0. The van der Waals surface area contributed by atoms with Crippen molar-refractivity contribution in [1.82, 2.24) is 4.90 Å². The van der Waals surface area contributed by atoms with E-state index >= 15 is 0 Å². The van der Waals surface area contributed by atoms with Gasteiger partial charge in [0.2, 0.25) is 0 Å². The molecule has 1 aliphatic rings. The van der Waals surface area contributed by atoms with Gasteiger partial charge >= 0.3 is 12.3 Å². The summed E-state index contributed by atoms with van der Waals surface area (Å²) in [5, 5.41) is 0. The first-order valence-corrected chi connectivity index (χ1v) is 7.66. The Balaban J connectivity index is 2.16. The van der Waals surface area contributed by atoms with Gasteiger partial charge in [0, 0.05) is 18.5 Å². The maximum absolute atomic E-state index is 12.9. The molecule has 0 bridgehead atoms. The quantitative estimate of drug-likeness (QED) is 0.739. The van der Waals surface area contributed by atoms with Gasteiger partial charge in [0.15, 0.2) is 0 Å². The van der Waals surface area contributed by atoms with Crippen molar-refractivity contribution in [1.29, 1.82) is 0 Å². The fraction of sp³-hybridized carbons (Fsp3) is 0.588. The molecule has 1 saturated heterocycles. The molecule has 6 heteroatoms. The van der Waals surface area contributed by atoms with Gasteiger partial charge in [-0.15, -0.1) is 0 Å². The number of hydrogen-bond acceptors (Lipinski definition) is 2. The number of halogens is 3. The lowest BCUT2D eigenvalue weighted by Crippen LogP contribution is -2.39. The van der Waals surface area contributed by atoms with E-state index in [0.717, 1.165) is 6.07 Å². The largest absolute Gasteiger partial charge is 0.444 e. The molecule has 2 atom stereocenters. The topological polar surface area (TPSA) is 29.5 Å². The molecule has 23 heavy (non-hydrogen) atoms. The molecule has 1 aliphatic heterocycles. The fourth-order valence-electron chi connectivity index (χ4n) is 2.91. The van der Waals surface area contributed by atoms with Gasteiger partial charge < -0.3 is 9.64 Å². The zero-order valence-electron chi connectivity index (χ0n) is 13.8. The van der Waals surface area contributed by atoms with E-state index in [0.29, 0.717) is 18.5 Å². The van der Waals surface area contributed by atoms with E-state index in [-0.39, 0.29) is 12.0 Å². The molecular weight excluding hydrogens is 307 g/mol. The van der Waals surface area contributed by atoms with Crippen LogP contribution in [0.2, 0.25) is 0 Å². The molecule has 1 heterocycles. The zero-order chi connectivity index (χ0) is 17.4. The highest BCUT2D eigenvalue weighted by molar-refractivity contribution is 5.69. The molecule has 0 saturated carbocycles. The predicted molar refractivity (Wildman–Crippen MR) is 81.2 cm³/mol. The van der Waals surface area contributed by atoms with E-state index in [4.69, 9.17) is 4.74 Å². The van der Waals surface area contributed by atoms with Gasteiger partial charge in [-0.1, -0.05) is 18.2 Å². The Morgan fingerprint density at radius 1 is 1.26 bits per heavy atom. The molecule has 0 radical (unpaired) electrons. The Morgan fingerprint density at radius 3 is 2.48 bits per heavy atom. The number of alkyl halides is 3. The Bertz CT molecular complexity index is 578. The van der Waals surface area contributed by atoms with Crippen molar-refractivity contribution in [2.24, 2.45) is 0 Å². The summed E-state index contributed by atoms with van der Waals surface area (Å²) in [6, 6.07) is 5.15. The van der Waals surface area contributed by atoms with Crippen LogP contribution in [0.25, 0.3) is 0 Å². The third kappa shape index (κ3) is 4.18. The number of carbonyl (C=O) groups excluding carboxylic acids is 1. The summed E-state index contributed by atoms with van der Waals surface area (Å²) in [6.07, 6.45) is -4.15. The smallest absolute Gasteiger partial charge is 0.416 e. The monoisotopic (exact) mass is 329 g/mol. The van der Waals surface area contributed by atoms with Crippen LogP contribution in [0.4, 0.5) is 18.0 Å². The summed E-state index contributed by atoms with van der Waals surface area (Å²) in [5.41, 5.74) is -0.637. The molecule has 1 amide bonds. The normalized spacial score (nSPS) is 22.3. The summed E-state index contributed by atoms with van der Waals surface area (Å²) in [6.45, 7) is 7.70. The molecule has 0 aromatic heterocycles. The van der Waals surface area contributed by atoms with Gasteiger partial charge in [0.05, 0.1) is 5.56 Å². The maximum Gasteiger partial charge on any atom is 0.416 e. The minimum absolute atomic E-state index is 0.121. The number of amides is 1. The van der Waals surface area contributed by atoms with E-state index in [2.05, 4.69) is 0 Å². The maximum atomic E-state index is 12.9. The second-order valence-corrected chi connectivity index (χ2v) is 6.93. The van der Waals surface area contributed by atoms with E-state index in [9.17, 15) is 18.0 Å². The van der Waals surface area contributed by atoms with Gasteiger partial charge in [-0.2, -0.15) is 13.2 Å². The third-order valence-corrected chi connectivity index (χ3v) is 4.03. The van der Waals surface area contributed by atoms with Crippen molar-refractivity contribution < 1.29 is 22.7 Å². The number of ether oxygens (including phenoxy) is 1. The molecular formula is C17H22F3NO2. The lowest BCUT2D eigenvalue weighted by Gasteiger charge is -2.28. The van der Waals surface area contributed by atoms with Crippen LogP contribution in [-0.2, 0) is 10.9 Å². The van der Waals surface area contributed by atoms with Gasteiger partial charge in [-0.05, 0) is 45.7 Å². The standard InChI is InChI=1S/C17H22F3NO2/c1-11-14(8-9-21(11)15(22)23-16(2,3)4)12-6-5-7-13(10-12)17(18,19)20/h5-7,10-11,14H,8-9H2,1-4H3. The molecule has 2 rings (SSSR count). The number of likely N-dealkylation sites (tertiary alicyclic amines) is 1. The van der Waals surface area contributed by atoms with Crippen molar-refractivity contribution in [3.63, 3.8) is 0 Å². The summed E-state index contributed by atoms with van der Waals surface area (Å²) in [5.74, 6) is -0.121. The SMILES string of the molecule is CC1C(c2cccc(C(F)(F)F)c2)CCN1C(=O)OC(C)(C)C. The molecule has 1 aromatic carbocycles. The summed E-state index contributed by atoms with van der Waals surface area (Å²) < 4.78 is 43.9. The minimum Gasteiger partial charge on any atom is -0.444 e. The van der Waals surface area contributed by atoms with Gasteiger partial charge in [0.25, 0.3) is 0 Å². The van der Waals surface area contributed by atoms with E-state index < -0.39 is 23.4 Å². The van der Waals surface area contributed by atoms with Gasteiger partial charge in [-0.3, -0.25) is 0 Å². The van der Waals surface area contributed by atoms with Gasteiger partial charge in [-0.25, -0.2) is 4.79 Å². The number of carbonyl (C=O) groups is 1. The second-order valence-electron chi connectivity index (χ2n) is 6.93. The van der Waals surface area contributed by atoms with Gasteiger partial charge in [0.1, 0.15) is 5.60 Å². The minimum atomic E-state index is -4.36. The number of rotatable bonds is 1. The van der Waals surface area contributed by atoms with Crippen LogP contribution >= 0.6 is 0 Å².